The number of aryl methyl sites for hydroxylation is 1. The molecule has 0 unspecified atom stereocenters. The van der Waals surface area contributed by atoms with Crippen molar-refractivity contribution >= 4 is 34.6 Å². The van der Waals surface area contributed by atoms with E-state index in [-0.39, 0.29) is 0 Å². The molecule has 2 fully saturated rings. The molecule has 2 aromatic heterocycles. The summed E-state index contributed by atoms with van der Waals surface area (Å²) in [5, 5.41) is 7.69. The van der Waals surface area contributed by atoms with Crippen LogP contribution in [0.15, 0.2) is 43.1 Å². The van der Waals surface area contributed by atoms with E-state index in [9.17, 15) is 0 Å². The Kier molecular flexibility index (Phi) is 3.30. The second kappa shape index (κ2) is 5.57. The molecule has 2 aliphatic heterocycles. The van der Waals surface area contributed by atoms with E-state index in [4.69, 9.17) is 0 Å². The van der Waals surface area contributed by atoms with Crippen LogP contribution in [0.5, 0.6) is 0 Å². The van der Waals surface area contributed by atoms with Gasteiger partial charge < -0.3 is 20.1 Å². The molecular formula is C20H22N6. The fourth-order valence-corrected chi connectivity index (χ4v) is 3.96. The van der Waals surface area contributed by atoms with Gasteiger partial charge in [0.25, 0.3) is 0 Å². The fourth-order valence-electron chi connectivity index (χ4n) is 3.96. The molecular weight excluding hydrogens is 324 g/mol. The third-order valence-electron chi connectivity index (χ3n) is 5.49. The van der Waals surface area contributed by atoms with Gasteiger partial charge in [-0.1, -0.05) is 6.58 Å². The summed E-state index contributed by atoms with van der Waals surface area (Å²) >= 11 is 0. The van der Waals surface area contributed by atoms with Crippen molar-refractivity contribution in [1.29, 1.82) is 0 Å². The lowest BCUT2D eigenvalue weighted by Gasteiger charge is -2.57. The molecule has 0 bridgehead atoms. The van der Waals surface area contributed by atoms with E-state index in [2.05, 4.69) is 62.4 Å². The summed E-state index contributed by atoms with van der Waals surface area (Å²) in [7, 11) is 0. The molecule has 6 heteroatoms. The number of fused-ring (bicyclic) bond motifs is 1. The largest absolute Gasteiger partial charge is 0.370 e. The van der Waals surface area contributed by atoms with Gasteiger partial charge in [0.2, 0.25) is 5.95 Å². The average Bonchev–Trinajstić information content (AvgIpc) is 2.88. The average molecular weight is 346 g/mol. The van der Waals surface area contributed by atoms with E-state index in [1.807, 2.05) is 17.7 Å². The molecule has 0 amide bonds. The Morgan fingerprint density at radius 2 is 2.00 bits per heavy atom. The van der Waals surface area contributed by atoms with Gasteiger partial charge in [-0.15, -0.1) is 0 Å². The molecule has 0 aliphatic carbocycles. The van der Waals surface area contributed by atoms with Crippen LogP contribution in [0.1, 0.15) is 5.69 Å². The maximum atomic E-state index is 4.64. The highest BCUT2D eigenvalue weighted by Crippen LogP contribution is 2.37. The SMILES string of the molecule is C=Cn1c(C)cc2cnc(Nc3ccc(N4CC5(CNC5)C4)cc3)nc21. The molecule has 4 heterocycles. The zero-order valence-electron chi connectivity index (χ0n) is 14.9. The first-order valence-electron chi connectivity index (χ1n) is 8.96. The second-order valence-electron chi connectivity index (χ2n) is 7.44. The van der Waals surface area contributed by atoms with Gasteiger partial charge in [0.05, 0.1) is 0 Å². The van der Waals surface area contributed by atoms with E-state index in [1.54, 1.807) is 6.20 Å². The van der Waals surface area contributed by atoms with E-state index >= 15 is 0 Å². The van der Waals surface area contributed by atoms with Gasteiger partial charge in [-0.2, -0.15) is 4.98 Å². The molecule has 2 aliphatic rings. The van der Waals surface area contributed by atoms with E-state index in [1.165, 1.54) is 5.69 Å². The topological polar surface area (TPSA) is 58.0 Å². The summed E-state index contributed by atoms with van der Waals surface area (Å²) in [5.74, 6) is 0.592. The summed E-state index contributed by atoms with van der Waals surface area (Å²) in [6, 6.07) is 10.6. The van der Waals surface area contributed by atoms with Crippen molar-refractivity contribution in [2.75, 3.05) is 36.4 Å². The summed E-state index contributed by atoms with van der Waals surface area (Å²) in [5.41, 5.74) is 4.77. The van der Waals surface area contributed by atoms with Crippen LogP contribution in [0.25, 0.3) is 17.2 Å². The Balaban J connectivity index is 1.33. The van der Waals surface area contributed by atoms with E-state index in [0.29, 0.717) is 11.4 Å². The summed E-state index contributed by atoms with van der Waals surface area (Å²) < 4.78 is 1.97. The van der Waals surface area contributed by atoms with Crippen LogP contribution in [0.2, 0.25) is 0 Å². The smallest absolute Gasteiger partial charge is 0.229 e. The minimum Gasteiger partial charge on any atom is -0.370 e. The third-order valence-corrected chi connectivity index (χ3v) is 5.49. The number of aromatic nitrogens is 3. The number of rotatable bonds is 4. The van der Waals surface area contributed by atoms with Crippen LogP contribution in [-0.2, 0) is 0 Å². The molecule has 2 N–H and O–H groups in total. The third kappa shape index (κ3) is 2.37. The Bertz CT molecular complexity index is 975. The molecule has 3 aromatic rings. The Morgan fingerprint density at radius 3 is 2.65 bits per heavy atom. The van der Waals surface area contributed by atoms with Crippen LogP contribution in [0, 0.1) is 12.3 Å². The van der Waals surface area contributed by atoms with Crippen molar-refractivity contribution in [2.24, 2.45) is 5.41 Å². The zero-order valence-corrected chi connectivity index (χ0v) is 14.9. The van der Waals surface area contributed by atoms with E-state index < -0.39 is 0 Å². The molecule has 0 atom stereocenters. The van der Waals surface area contributed by atoms with Gasteiger partial charge in [0, 0.05) is 66.4 Å². The second-order valence-corrected chi connectivity index (χ2v) is 7.44. The van der Waals surface area contributed by atoms with Crippen molar-refractivity contribution in [2.45, 2.75) is 6.92 Å². The van der Waals surface area contributed by atoms with Gasteiger partial charge >= 0.3 is 0 Å². The predicted molar refractivity (Wildman–Crippen MR) is 106 cm³/mol. The van der Waals surface area contributed by atoms with Crippen molar-refractivity contribution in [3.8, 4) is 0 Å². The van der Waals surface area contributed by atoms with Crippen LogP contribution >= 0.6 is 0 Å². The van der Waals surface area contributed by atoms with Crippen LogP contribution in [0.3, 0.4) is 0 Å². The lowest BCUT2D eigenvalue weighted by atomic mass is 9.74. The van der Waals surface area contributed by atoms with Crippen molar-refractivity contribution < 1.29 is 0 Å². The minimum absolute atomic E-state index is 0.540. The number of benzene rings is 1. The molecule has 0 saturated carbocycles. The minimum atomic E-state index is 0.540. The molecule has 26 heavy (non-hydrogen) atoms. The maximum Gasteiger partial charge on any atom is 0.229 e. The molecule has 5 rings (SSSR count). The molecule has 1 aromatic carbocycles. The molecule has 0 radical (unpaired) electrons. The lowest BCUT2D eigenvalue weighted by molar-refractivity contribution is 0.121. The molecule has 6 nitrogen and oxygen atoms in total. The Morgan fingerprint density at radius 1 is 1.23 bits per heavy atom. The Labute approximate surface area is 152 Å². The monoisotopic (exact) mass is 346 g/mol. The normalized spacial score (nSPS) is 17.8. The van der Waals surface area contributed by atoms with Crippen LogP contribution < -0.4 is 15.5 Å². The van der Waals surface area contributed by atoms with Crippen LogP contribution in [-0.4, -0.2) is 40.7 Å². The molecule has 2 saturated heterocycles. The fraction of sp³-hybridized carbons (Fsp3) is 0.300. The zero-order chi connectivity index (χ0) is 17.7. The van der Waals surface area contributed by atoms with Gasteiger partial charge in [0.15, 0.2) is 0 Å². The number of hydrogen-bond donors (Lipinski definition) is 2. The Hall–Kier alpha value is -2.86. The molecule has 132 valence electrons. The van der Waals surface area contributed by atoms with E-state index in [0.717, 1.165) is 48.6 Å². The first kappa shape index (κ1) is 15.4. The first-order chi connectivity index (χ1) is 12.7. The van der Waals surface area contributed by atoms with Crippen molar-refractivity contribution in [3.63, 3.8) is 0 Å². The van der Waals surface area contributed by atoms with Gasteiger partial charge in [-0.05, 0) is 37.3 Å². The number of nitrogens with one attached hydrogen (secondary N) is 2. The highest BCUT2D eigenvalue weighted by atomic mass is 15.3. The van der Waals surface area contributed by atoms with Crippen LogP contribution in [0.4, 0.5) is 17.3 Å². The summed E-state index contributed by atoms with van der Waals surface area (Å²) in [4.78, 5) is 11.5. The highest BCUT2D eigenvalue weighted by molar-refractivity contribution is 5.80. The molecule has 1 spiro atoms. The lowest BCUT2D eigenvalue weighted by Crippen LogP contribution is -2.71. The van der Waals surface area contributed by atoms with Crippen molar-refractivity contribution in [1.82, 2.24) is 19.9 Å². The highest BCUT2D eigenvalue weighted by Gasteiger charge is 2.47. The number of anilines is 3. The number of hydrogen-bond acceptors (Lipinski definition) is 5. The summed E-state index contributed by atoms with van der Waals surface area (Å²) in [6.45, 7) is 10.5. The standard InChI is InChI=1S/C20H22N6/c1-3-26-14(2)8-15-9-22-19(24-18(15)26)23-16-4-6-17(7-5-16)25-12-20(13-25)10-21-11-20/h3-9,21H,1,10-13H2,2H3,(H,22,23,24). The van der Waals surface area contributed by atoms with Crippen molar-refractivity contribution in [3.05, 3.63) is 48.8 Å². The van der Waals surface area contributed by atoms with Gasteiger partial charge in [-0.25, -0.2) is 4.98 Å². The summed E-state index contributed by atoms with van der Waals surface area (Å²) in [6.07, 6.45) is 3.62. The number of nitrogens with zero attached hydrogens (tertiary/aromatic N) is 4. The van der Waals surface area contributed by atoms with Gasteiger partial charge in [-0.3, -0.25) is 0 Å². The first-order valence-corrected chi connectivity index (χ1v) is 8.96. The quantitative estimate of drug-likeness (QED) is 0.761. The maximum absolute atomic E-state index is 4.64. The predicted octanol–water partition coefficient (Wildman–Crippen LogP) is 2.99. The van der Waals surface area contributed by atoms with Gasteiger partial charge in [0.1, 0.15) is 5.65 Å².